The first-order valence-electron chi connectivity index (χ1n) is 12.0. The van der Waals surface area contributed by atoms with Crippen molar-refractivity contribution in [2.24, 2.45) is 0 Å². The molecule has 0 spiro atoms. The minimum absolute atomic E-state index is 0.0345. The van der Waals surface area contributed by atoms with Crippen molar-refractivity contribution in [2.45, 2.75) is 38.2 Å². The number of pyridine rings is 1. The molecule has 0 fully saturated rings. The Bertz CT molecular complexity index is 1330. The fourth-order valence-electron chi connectivity index (χ4n) is 5.11. The molecule has 1 aromatic heterocycles. The molecule has 1 N–H and O–H groups in total. The molecule has 6 nitrogen and oxygen atoms in total. The van der Waals surface area contributed by atoms with Gasteiger partial charge in [0.25, 0.3) is 0 Å². The molecule has 2 unspecified atom stereocenters. The topological polar surface area (TPSA) is 77.5 Å². The number of nitrogens with one attached hydrogen (secondary N) is 1. The van der Waals surface area contributed by atoms with Crippen molar-refractivity contribution >= 4 is 11.8 Å². The van der Waals surface area contributed by atoms with Crippen LogP contribution in [-0.4, -0.2) is 23.8 Å². The molecule has 2 aromatic carbocycles. The summed E-state index contributed by atoms with van der Waals surface area (Å²) in [5.74, 6) is -0.0646. The quantitative estimate of drug-likeness (QED) is 0.489. The fourth-order valence-corrected chi connectivity index (χ4v) is 5.11. The number of ether oxygens (including phenoxy) is 2. The maximum atomic E-state index is 13.7. The molecule has 3 aromatic rings. The van der Waals surface area contributed by atoms with Crippen molar-refractivity contribution in [2.75, 3.05) is 7.11 Å². The number of methoxy groups -OCH3 is 1. The predicted octanol–water partition coefficient (Wildman–Crippen LogP) is 5.20. The number of nitrogens with zero attached hydrogens (tertiary/aromatic N) is 1. The minimum atomic E-state index is -0.503. The maximum Gasteiger partial charge on any atom is 0.337 e. The Morgan fingerprint density at radius 1 is 0.972 bits per heavy atom. The number of allylic oxidation sites excluding steroid dienone is 3. The van der Waals surface area contributed by atoms with Crippen molar-refractivity contribution in [1.82, 2.24) is 10.3 Å². The number of carbonyl (C=O) groups excluding carboxylic acids is 2. The van der Waals surface area contributed by atoms with Crippen molar-refractivity contribution in [3.63, 3.8) is 0 Å². The van der Waals surface area contributed by atoms with Gasteiger partial charge >= 0.3 is 5.97 Å². The van der Waals surface area contributed by atoms with Gasteiger partial charge in [0.2, 0.25) is 0 Å². The number of Topliss-reactive ketones (excluding diaryl/α,β-unsaturated/α-hetero) is 1. The van der Waals surface area contributed by atoms with Gasteiger partial charge in [-0.25, -0.2) is 4.79 Å². The summed E-state index contributed by atoms with van der Waals surface area (Å²) in [6.07, 6.45) is 4.43. The highest BCUT2D eigenvalue weighted by Gasteiger charge is 2.41. The summed E-state index contributed by atoms with van der Waals surface area (Å²) >= 11 is 0. The second-order valence-corrected chi connectivity index (χ2v) is 9.13. The third kappa shape index (κ3) is 4.67. The van der Waals surface area contributed by atoms with Gasteiger partial charge in [0.1, 0.15) is 12.4 Å². The Morgan fingerprint density at radius 3 is 2.39 bits per heavy atom. The van der Waals surface area contributed by atoms with Crippen LogP contribution in [0.4, 0.5) is 0 Å². The van der Waals surface area contributed by atoms with E-state index in [-0.39, 0.29) is 18.3 Å². The molecule has 2 aliphatic rings. The molecule has 0 saturated carbocycles. The summed E-state index contributed by atoms with van der Waals surface area (Å²) in [6.45, 7) is 2.04. The van der Waals surface area contributed by atoms with E-state index in [4.69, 9.17) is 9.47 Å². The monoisotopic (exact) mass is 480 g/mol. The largest absolute Gasteiger partial charge is 0.497 e. The molecule has 2 heterocycles. The van der Waals surface area contributed by atoms with Crippen LogP contribution in [0.2, 0.25) is 0 Å². The molecular weight excluding hydrogens is 452 g/mol. The average Bonchev–Trinajstić information content (AvgIpc) is 2.92. The lowest BCUT2D eigenvalue weighted by molar-refractivity contribution is -0.140. The van der Waals surface area contributed by atoms with Crippen molar-refractivity contribution in [1.29, 1.82) is 0 Å². The van der Waals surface area contributed by atoms with Gasteiger partial charge in [-0.15, -0.1) is 0 Å². The molecule has 2 atom stereocenters. The summed E-state index contributed by atoms with van der Waals surface area (Å²) in [7, 11) is 1.64. The number of dihydropyridines is 1. The third-order valence-electron chi connectivity index (χ3n) is 6.89. The van der Waals surface area contributed by atoms with Gasteiger partial charge in [0.15, 0.2) is 5.78 Å². The summed E-state index contributed by atoms with van der Waals surface area (Å²) < 4.78 is 11.0. The van der Waals surface area contributed by atoms with E-state index in [0.717, 1.165) is 28.1 Å². The van der Waals surface area contributed by atoms with Crippen LogP contribution in [0.25, 0.3) is 0 Å². The van der Waals surface area contributed by atoms with Crippen molar-refractivity contribution < 1.29 is 19.1 Å². The van der Waals surface area contributed by atoms with Crippen LogP contribution in [-0.2, 0) is 20.9 Å². The third-order valence-corrected chi connectivity index (χ3v) is 6.89. The normalized spacial score (nSPS) is 19.4. The van der Waals surface area contributed by atoms with Crippen LogP contribution in [0.5, 0.6) is 5.75 Å². The van der Waals surface area contributed by atoms with Gasteiger partial charge in [-0.1, -0.05) is 42.5 Å². The van der Waals surface area contributed by atoms with Crippen molar-refractivity contribution in [3.05, 3.63) is 118 Å². The first-order valence-corrected chi connectivity index (χ1v) is 12.0. The zero-order valence-corrected chi connectivity index (χ0v) is 20.4. The second kappa shape index (κ2) is 10.2. The van der Waals surface area contributed by atoms with E-state index in [0.29, 0.717) is 29.7 Å². The number of aromatic nitrogens is 1. The first-order chi connectivity index (χ1) is 17.5. The molecule has 5 rings (SSSR count). The van der Waals surface area contributed by atoms with Crippen LogP contribution < -0.4 is 10.1 Å². The Hall–Kier alpha value is -4.19. The molecule has 1 aliphatic heterocycles. The van der Waals surface area contributed by atoms with E-state index in [2.05, 4.69) is 10.3 Å². The van der Waals surface area contributed by atoms with E-state index < -0.39 is 11.9 Å². The lowest BCUT2D eigenvalue weighted by atomic mass is 9.72. The molecule has 1 aliphatic carbocycles. The SMILES string of the molecule is COc1ccc(C2CC(=O)C3=C(C2)NC(C)=C(C(=O)OCc2ccccc2)C3c2ccncc2)cc1. The van der Waals surface area contributed by atoms with Crippen LogP contribution in [0.3, 0.4) is 0 Å². The Morgan fingerprint density at radius 2 is 1.69 bits per heavy atom. The highest BCUT2D eigenvalue weighted by atomic mass is 16.5. The minimum Gasteiger partial charge on any atom is -0.497 e. The summed E-state index contributed by atoms with van der Waals surface area (Å²) in [5.41, 5.74) is 5.52. The number of esters is 1. The summed E-state index contributed by atoms with van der Waals surface area (Å²) in [6, 6.07) is 21.2. The van der Waals surface area contributed by atoms with Crippen LogP contribution in [0, 0.1) is 0 Å². The number of hydrogen-bond acceptors (Lipinski definition) is 6. The zero-order valence-electron chi connectivity index (χ0n) is 20.4. The van der Waals surface area contributed by atoms with Gasteiger partial charge in [-0.2, -0.15) is 0 Å². The molecule has 0 bridgehead atoms. The van der Waals surface area contributed by atoms with Gasteiger partial charge in [-0.3, -0.25) is 9.78 Å². The van der Waals surface area contributed by atoms with E-state index in [9.17, 15) is 9.59 Å². The second-order valence-electron chi connectivity index (χ2n) is 9.13. The molecule has 182 valence electrons. The van der Waals surface area contributed by atoms with E-state index >= 15 is 0 Å². The number of rotatable bonds is 6. The Kier molecular flexibility index (Phi) is 6.67. The van der Waals surface area contributed by atoms with Gasteiger partial charge in [-0.05, 0) is 60.2 Å². The van der Waals surface area contributed by atoms with Gasteiger partial charge < -0.3 is 14.8 Å². The van der Waals surface area contributed by atoms with Crippen molar-refractivity contribution in [3.8, 4) is 5.75 Å². The number of benzene rings is 2. The molecule has 0 saturated heterocycles. The Balaban J connectivity index is 1.48. The fraction of sp³-hybridized carbons (Fsp3) is 0.233. The number of ketones is 1. The lowest BCUT2D eigenvalue weighted by Crippen LogP contribution is -2.36. The van der Waals surface area contributed by atoms with E-state index in [1.165, 1.54) is 0 Å². The average molecular weight is 481 g/mol. The highest BCUT2D eigenvalue weighted by molar-refractivity contribution is 6.04. The highest BCUT2D eigenvalue weighted by Crippen LogP contribution is 2.45. The molecule has 6 heteroatoms. The van der Waals surface area contributed by atoms with Crippen LogP contribution in [0.15, 0.2) is 102 Å². The standard InChI is InChI=1S/C30H28N2O4/c1-19-27(30(34)36-18-20-6-4-3-5-7-20)28(22-12-14-31-15-13-22)29-25(32-19)16-23(17-26(29)33)21-8-10-24(35-2)11-9-21/h3-15,23,28,32H,16-18H2,1-2H3. The van der Waals surface area contributed by atoms with Crippen LogP contribution in [0.1, 0.15) is 48.3 Å². The molecule has 36 heavy (non-hydrogen) atoms. The van der Waals surface area contributed by atoms with E-state index in [1.54, 1.807) is 19.5 Å². The number of carbonyl (C=O) groups is 2. The molecule has 0 amide bonds. The van der Waals surface area contributed by atoms with Gasteiger partial charge in [0.05, 0.1) is 12.7 Å². The molecule has 0 radical (unpaired) electrons. The zero-order chi connectivity index (χ0) is 25.1. The van der Waals surface area contributed by atoms with E-state index in [1.807, 2.05) is 73.7 Å². The first kappa shape index (κ1) is 23.5. The lowest BCUT2D eigenvalue weighted by Gasteiger charge is -2.36. The van der Waals surface area contributed by atoms with Gasteiger partial charge in [0, 0.05) is 41.7 Å². The van der Waals surface area contributed by atoms with Crippen LogP contribution >= 0.6 is 0 Å². The molecular formula is C30H28N2O4. The summed E-state index contributed by atoms with van der Waals surface area (Å²) in [4.78, 5) is 31.2. The number of hydrogen-bond donors (Lipinski definition) is 1. The summed E-state index contributed by atoms with van der Waals surface area (Å²) in [5, 5.41) is 3.40. The Labute approximate surface area is 210 Å². The smallest absolute Gasteiger partial charge is 0.337 e. The predicted molar refractivity (Wildman–Crippen MR) is 136 cm³/mol. The maximum absolute atomic E-state index is 13.7.